The summed E-state index contributed by atoms with van der Waals surface area (Å²) in [5.74, 6) is -0.382. The molecule has 0 saturated carbocycles. The van der Waals surface area contributed by atoms with E-state index in [2.05, 4.69) is 135 Å². The van der Waals surface area contributed by atoms with Crippen LogP contribution in [0.3, 0.4) is 0 Å². The van der Waals surface area contributed by atoms with Crippen molar-refractivity contribution in [2.45, 2.75) is 136 Å². The minimum absolute atomic E-state index is 0.0648. The van der Waals surface area contributed by atoms with Crippen molar-refractivity contribution >= 4 is 13.8 Å². The first-order valence-corrected chi connectivity index (χ1v) is 22.5. The summed E-state index contributed by atoms with van der Waals surface area (Å²) >= 11 is 0. The molecule has 0 aromatic carbocycles. The van der Waals surface area contributed by atoms with Crippen LogP contribution in [0.1, 0.15) is 129 Å². The SMILES string of the molecule is CC/C=C\C/C=C\C/C=C\C/C=C\C/C=C\C/C=C\C/C=C\CCCCOCC(COP(=O)(O)OCCN)OC(=O)CCCCC/C=C\C/C=C\C/C=C\CC. The molecule has 0 aliphatic carbocycles. The van der Waals surface area contributed by atoms with E-state index in [1.165, 1.54) is 0 Å². The lowest BCUT2D eigenvalue weighted by Gasteiger charge is -2.20. The topological polar surface area (TPSA) is 117 Å². The molecule has 2 atom stereocenters. The molecule has 8 nitrogen and oxygen atoms in total. The molecule has 0 rings (SSSR count). The van der Waals surface area contributed by atoms with E-state index >= 15 is 0 Å². The molecule has 0 aromatic heterocycles. The molecule has 0 saturated heterocycles. The maximum atomic E-state index is 12.5. The number of phosphoric ester groups is 1. The average Bonchev–Trinajstić information content (AvgIpc) is 3.19. The summed E-state index contributed by atoms with van der Waals surface area (Å²) in [6, 6.07) is 0. The van der Waals surface area contributed by atoms with Crippen molar-refractivity contribution < 1.29 is 32.8 Å². The van der Waals surface area contributed by atoms with Crippen LogP contribution < -0.4 is 5.73 Å². The van der Waals surface area contributed by atoms with Crippen molar-refractivity contribution in [3.63, 3.8) is 0 Å². The van der Waals surface area contributed by atoms with E-state index in [-0.39, 0.29) is 38.8 Å². The van der Waals surface area contributed by atoms with Gasteiger partial charge in [-0.15, -0.1) is 0 Å². The molecular formula is C47H76NO7P. The molecule has 0 heterocycles. The maximum absolute atomic E-state index is 12.5. The van der Waals surface area contributed by atoms with Gasteiger partial charge in [-0.05, 0) is 103 Å². The summed E-state index contributed by atoms with van der Waals surface area (Å²) in [4.78, 5) is 22.4. The van der Waals surface area contributed by atoms with Crippen LogP contribution in [-0.4, -0.2) is 49.9 Å². The zero-order valence-corrected chi connectivity index (χ0v) is 35.7. The summed E-state index contributed by atoms with van der Waals surface area (Å²) in [5.41, 5.74) is 5.36. The minimum Gasteiger partial charge on any atom is -0.457 e. The monoisotopic (exact) mass is 798 g/mol. The highest BCUT2D eigenvalue weighted by Crippen LogP contribution is 2.43. The molecule has 0 aliphatic heterocycles. The van der Waals surface area contributed by atoms with Crippen molar-refractivity contribution in [3.05, 3.63) is 122 Å². The van der Waals surface area contributed by atoms with Gasteiger partial charge in [-0.25, -0.2) is 4.57 Å². The van der Waals surface area contributed by atoms with Gasteiger partial charge in [0.15, 0.2) is 0 Å². The van der Waals surface area contributed by atoms with E-state index in [4.69, 9.17) is 24.3 Å². The summed E-state index contributed by atoms with van der Waals surface area (Å²) < 4.78 is 33.3. The van der Waals surface area contributed by atoms with Crippen molar-refractivity contribution in [2.75, 3.05) is 33.0 Å². The maximum Gasteiger partial charge on any atom is 0.472 e. The third-order valence-corrected chi connectivity index (χ3v) is 8.86. The van der Waals surface area contributed by atoms with Crippen LogP contribution in [0, 0.1) is 0 Å². The predicted molar refractivity (Wildman–Crippen MR) is 237 cm³/mol. The average molecular weight is 798 g/mol. The van der Waals surface area contributed by atoms with Crippen molar-refractivity contribution in [1.29, 1.82) is 0 Å². The number of carbonyl (C=O) groups excluding carboxylic acids is 1. The van der Waals surface area contributed by atoms with Crippen LogP contribution >= 0.6 is 7.82 Å². The normalized spacial score (nSPS) is 14.7. The van der Waals surface area contributed by atoms with Gasteiger partial charge in [-0.2, -0.15) is 0 Å². The Labute approximate surface area is 341 Å². The van der Waals surface area contributed by atoms with Crippen LogP contribution in [0.25, 0.3) is 0 Å². The fourth-order valence-corrected chi connectivity index (χ4v) is 5.64. The summed E-state index contributed by atoms with van der Waals surface area (Å²) in [7, 11) is -4.31. The van der Waals surface area contributed by atoms with Crippen LogP contribution in [0.4, 0.5) is 0 Å². The third kappa shape index (κ3) is 42.1. The Kier molecular flexibility index (Phi) is 40.6. The fourth-order valence-electron chi connectivity index (χ4n) is 4.87. The summed E-state index contributed by atoms with van der Waals surface area (Å²) in [6.07, 6.45) is 59.5. The molecule has 56 heavy (non-hydrogen) atoms. The summed E-state index contributed by atoms with van der Waals surface area (Å²) in [5, 5.41) is 0. The number of nitrogens with two attached hydrogens (primary N) is 1. The van der Waals surface area contributed by atoms with E-state index < -0.39 is 13.9 Å². The van der Waals surface area contributed by atoms with Crippen LogP contribution in [0.15, 0.2) is 122 Å². The highest BCUT2D eigenvalue weighted by atomic mass is 31.2. The summed E-state index contributed by atoms with van der Waals surface area (Å²) in [6.45, 7) is 4.48. The molecule has 0 aromatic rings. The number of allylic oxidation sites excluding steroid dienone is 20. The molecule has 0 aliphatic rings. The molecule has 0 spiro atoms. The molecule has 0 radical (unpaired) electrons. The van der Waals surface area contributed by atoms with Crippen LogP contribution in [0.5, 0.6) is 0 Å². The van der Waals surface area contributed by atoms with Crippen molar-refractivity contribution in [1.82, 2.24) is 0 Å². The lowest BCUT2D eigenvalue weighted by Crippen LogP contribution is -2.28. The van der Waals surface area contributed by atoms with E-state index in [0.717, 1.165) is 103 Å². The molecule has 2 unspecified atom stereocenters. The number of rotatable bonds is 38. The van der Waals surface area contributed by atoms with Gasteiger partial charge in [0.1, 0.15) is 6.10 Å². The van der Waals surface area contributed by atoms with Gasteiger partial charge in [0, 0.05) is 19.6 Å². The van der Waals surface area contributed by atoms with Gasteiger partial charge in [-0.1, -0.05) is 142 Å². The Balaban J connectivity index is 4.20. The number of carbonyl (C=O) groups is 1. The van der Waals surface area contributed by atoms with Crippen molar-refractivity contribution in [3.8, 4) is 0 Å². The Morgan fingerprint density at radius 3 is 1.38 bits per heavy atom. The van der Waals surface area contributed by atoms with Gasteiger partial charge in [0.05, 0.1) is 19.8 Å². The molecule has 316 valence electrons. The second-order valence-electron chi connectivity index (χ2n) is 13.1. The van der Waals surface area contributed by atoms with Crippen LogP contribution in [0.2, 0.25) is 0 Å². The molecular weight excluding hydrogens is 721 g/mol. The molecule has 0 amide bonds. The smallest absolute Gasteiger partial charge is 0.457 e. The lowest BCUT2D eigenvalue weighted by atomic mass is 10.1. The minimum atomic E-state index is -4.31. The van der Waals surface area contributed by atoms with E-state index in [1.54, 1.807) is 0 Å². The van der Waals surface area contributed by atoms with E-state index in [1.807, 2.05) is 0 Å². The fraction of sp³-hybridized carbons (Fsp3) is 0.553. The molecule has 0 fully saturated rings. The number of esters is 1. The third-order valence-electron chi connectivity index (χ3n) is 7.87. The largest absolute Gasteiger partial charge is 0.472 e. The van der Waals surface area contributed by atoms with Crippen molar-refractivity contribution in [2.24, 2.45) is 5.73 Å². The molecule has 3 N–H and O–H groups in total. The van der Waals surface area contributed by atoms with Gasteiger partial charge in [0.2, 0.25) is 0 Å². The highest BCUT2D eigenvalue weighted by molar-refractivity contribution is 7.47. The Morgan fingerprint density at radius 1 is 0.536 bits per heavy atom. The molecule has 9 heteroatoms. The molecule has 0 bridgehead atoms. The number of ether oxygens (including phenoxy) is 2. The Hall–Kier alpha value is -3.10. The van der Waals surface area contributed by atoms with Crippen LogP contribution in [-0.2, 0) is 27.9 Å². The first-order valence-electron chi connectivity index (χ1n) is 21.0. The highest BCUT2D eigenvalue weighted by Gasteiger charge is 2.25. The van der Waals surface area contributed by atoms with E-state index in [9.17, 15) is 14.3 Å². The van der Waals surface area contributed by atoms with Gasteiger partial charge in [0.25, 0.3) is 0 Å². The predicted octanol–water partition coefficient (Wildman–Crippen LogP) is 12.6. The van der Waals surface area contributed by atoms with Gasteiger partial charge >= 0.3 is 13.8 Å². The zero-order valence-electron chi connectivity index (χ0n) is 34.8. The number of hydrogen-bond acceptors (Lipinski definition) is 7. The van der Waals surface area contributed by atoms with Gasteiger partial charge in [-0.3, -0.25) is 13.8 Å². The van der Waals surface area contributed by atoms with Gasteiger partial charge < -0.3 is 20.1 Å². The number of phosphoric acid groups is 1. The number of unbranched alkanes of at least 4 members (excludes halogenated alkanes) is 5. The quantitative estimate of drug-likeness (QED) is 0.0274. The second kappa shape index (κ2) is 43.0. The zero-order chi connectivity index (χ0) is 40.9. The lowest BCUT2D eigenvalue weighted by molar-refractivity contribution is -0.154. The Bertz CT molecular complexity index is 1260. The standard InChI is InChI=1S/C47H76NO7P/c1-3-5-7-9-11-13-15-17-18-19-20-21-22-23-24-25-26-27-29-31-33-35-37-39-42-52-44-46(45-54-56(50,51)53-43-41-48)55-47(49)40-38-36-34-32-30-28-16-14-12-10-8-6-4-2/h5-8,11-14,17-18,20-21,23-24,26-28,30-31,33,46H,3-4,9-10,15-16,19,22,25,29,32,34-45,48H2,1-2H3,(H,50,51)/b7-5-,8-6-,13-11-,14-12-,18-17-,21-20-,24-23-,27-26-,30-28-,33-31-. The Morgan fingerprint density at radius 2 is 0.946 bits per heavy atom. The first-order chi connectivity index (χ1) is 27.4. The number of hydrogen-bond donors (Lipinski definition) is 2. The first kappa shape index (κ1) is 52.9. The second-order valence-corrected chi connectivity index (χ2v) is 14.5. The van der Waals surface area contributed by atoms with E-state index in [0.29, 0.717) is 13.0 Å².